The van der Waals surface area contributed by atoms with E-state index in [4.69, 9.17) is 4.52 Å². The average Bonchev–Trinajstić information content (AvgIpc) is 3.16. The Hall–Kier alpha value is -3.15. The van der Waals surface area contributed by atoms with Gasteiger partial charge in [0.25, 0.3) is 5.91 Å². The van der Waals surface area contributed by atoms with E-state index in [2.05, 4.69) is 5.16 Å². The van der Waals surface area contributed by atoms with Gasteiger partial charge in [-0.1, -0.05) is 35.5 Å². The van der Waals surface area contributed by atoms with Crippen LogP contribution in [0.3, 0.4) is 0 Å². The molecular weight excluding hydrogens is 354 g/mol. The molecule has 0 atom stereocenters. The molecule has 2 aromatic carbocycles. The van der Waals surface area contributed by atoms with Crippen molar-refractivity contribution < 1.29 is 14.1 Å². The van der Waals surface area contributed by atoms with E-state index in [1.54, 1.807) is 25.1 Å². The molecule has 4 rings (SSSR count). The summed E-state index contributed by atoms with van der Waals surface area (Å²) in [6.45, 7) is 1.19. The maximum atomic E-state index is 13.0. The molecule has 0 unspecified atom stereocenters. The molecule has 0 N–H and O–H groups in total. The van der Waals surface area contributed by atoms with Crippen LogP contribution in [0.5, 0.6) is 0 Å². The molecule has 0 aliphatic carbocycles. The van der Waals surface area contributed by atoms with Crippen LogP contribution in [0.1, 0.15) is 23.2 Å². The Morgan fingerprint density at radius 1 is 1.07 bits per heavy atom. The van der Waals surface area contributed by atoms with Crippen molar-refractivity contribution in [3.63, 3.8) is 0 Å². The largest absolute Gasteiger partial charge is 0.355 e. The summed E-state index contributed by atoms with van der Waals surface area (Å²) in [6, 6.07) is 15.2. The number of piperidine rings is 1. The Labute approximate surface area is 163 Å². The van der Waals surface area contributed by atoms with Crippen LogP contribution >= 0.6 is 0 Å². The summed E-state index contributed by atoms with van der Waals surface area (Å²) in [5.74, 6) is 0.799. The van der Waals surface area contributed by atoms with Gasteiger partial charge >= 0.3 is 0 Å². The predicted octanol–water partition coefficient (Wildman–Crippen LogP) is 3.44. The minimum Gasteiger partial charge on any atom is -0.355 e. The van der Waals surface area contributed by atoms with E-state index in [0.29, 0.717) is 37.3 Å². The monoisotopic (exact) mass is 377 g/mol. The lowest BCUT2D eigenvalue weighted by atomic mass is 9.95. The zero-order valence-electron chi connectivity index (χ0n) is 16.1. The van der Waals surface area contributed by atoms with Gasteiger partial charge in [0, 0.05) is 44.2 Å². The molecule has 0 bridgehead atoms. The zero-order valence-corrected chi connectivity index (χ0v) is 16.1. The summed E-state index contributed by atoms with van der Waals surface area (Å²) in [7, 11) is 3.55. The third kappa shape index (κ3) is 3.38. The fourth-order valence-corrected chi connectivity index (χ4v) is 3.75. The van der Waals surface area contributed by atoms with Gasteiger partial charge in [-0.3, -0.25) is 9.59 Å². The highest BCUT2D eigenvalue weighted by Gasteiger charge is 2.29. The lowest BCUT2D eigenvalue weighted by Crippen LogP contribution is -2.42. The minimum atomic E-state index is -0.0159. The quantitative estimate of drug-likeness (QED) is 0.701. The summed E-state index contributed by atoms with van der Waals surface area (Å²) in [6.07, 6.45) is 1.40. The Morgan fingerprint density at radius 3 is 2.46 bits per heavy atom. The molecule has 1 aromatic heterocycles. The molecule has 1 aliphatic rings. The van der Waals surface area contributed by atoms with Crippen LogP contribution < -0.4 is 0 Å². The average molecular weight is 377 g/mol. The van der Waals surface area contributed by atoms with Gasteiger partial charge in [-0.15, -0.1) is 0 Å². The highest BCUT2D eigenvalue weighted by molar-refractivity contribution is 6.01. The third-order valence-electron chi connectivity index (χ3n) is 5.33. The first-order valence-electron chi connectivity index (χ1n) is 9.50. The normalized spacial score (nSPS) is 15.0. The molecule has 28 heavy (non-hydrogen) atoms. The second kappa shape index (κ2) is 7.46. The molecule has 144 valence electrons. The van der Waals surface area contributed by atoms with Gasteiger partial charge in [-0.25, -0.2) is 0 Å². The highest BCUT2D eigenvalue weighted by atomic mass is 16.5. The fourth-order valence-electron chi connectivity index (χ4n) is 3.75. The lowest BCUT2D eigenvalue weighted by Gasteiger charge is -2.32. The maximum absolute atomic E-state index is 13.0. The van der Waals surface area contributed by atoms with E-state index in [0.717, 1.165) is 16.5 Å². The van der Waals surface area contributed by atoms with Crippen molar-refractivity contribution in [3.05, 3.63) is 54.1 Å². The van der Waals surface area contributed by atoms with Gasteiger partial charge < -0.3 is 14.3 Å². The summed E-state index contributed by atoms with van der Waals surface area (Å²) >= 11 is 0. The van der Waals surface area contributed by atoms with Crippen molar-refractivity contribution in [2.75, 3.05) is 27.2 Å². The Balaban J connectivity index is 1.55. The van der Waals surface area contributed by atoms with Gasteiger partial charge in [-0.05, 0) is 31.0 Å². The third-order valence-corrected chi connectivity index (χ3v) is 5.33. The molecular formula is C22H23N3O3. The number of benzene rings is 2. The van der Waals surface area contributed by atoms with Gasteiger partial charge in [0.1, 0.15) is 5.52 Å². The Kier molecular flexibility index (Phi) is 4.86. The first kappa shape index (κ1) is 18.2. The van der Waals surface area contributed by atoms with E-state index in [-0.39, 0.29) is 17.7 Å². The topological polar surface area (TPSA) is 66.7 Å². The van der Waals surface area contributed by atoms with Gasteiger partial charge in [-0.2, -0.15) is 0 Å². The number of fused-ring (bicyclic) bond motifs is 1. The Bertz CT molecular complexity index is 1000. The van der Waals surface area contributed by atoms with Crippen molar-refractivity contribution >= 4 is 22.7 Å². The number of hydrogen-bond donors (Lipinski definition) is 0. The Morgan fingerprint density at radius 2 is 1.79 bits per heavy atom. The summed E-state index contributed by atoms with van der Waals surface area (Å²) in [5.41, 5.74) is 2.27. The number of rotatable bonds is 3. The van der Waals surface area contributed by atoms with Crippen LogP contribution in [-0.4, -0.2) is 54.0 Å². The zero-order chi connectivity index (χ0) is 19.7. The van der Waals surface area contributed by atoms with Crippen LogP contribution in [0.2, 0.25) is 0 Å². The number of likely N-dealkylation sites (tertiary alicyclic amines) is 1. The van der Waals surface area contributed by atoms with Crippen LogP contribution in [0.4, 0.5) is 0 Å². The molecule has 1 fully saturated rings. The first-order chi connectivity index (χ1) is 13.5. The molecule has 0 spiro atoms. The van der Waals surface area contributed by atoms with Crippen LogP contribution in [0.25, 0.3) is 22.2 Å². The van der Waals surface area contributed by atoms with Crippen molar-refractivity contribution in [2.24, 2.45) is 5.92 Å². The number of carbonyl (C=O) groups excluding carboxylic acids is 2. The maximum Gasteiger partial charge on any atom is 0.253 e. The smallest absolute Gasteiger partial charge is 0.253 e. The number of amides is 2. The van der Waals surface area contributed by atoms with Crippen molar-refractivity contribution in [1.29, 1.82) is 0 Å². The molecule has 1 aliphatic heterocycles. The van der Waals surface area contributed by atoms with Crippen molar-refractivity contribution in [3.8, 4) is 11.3 Å². The second-order valence-electron chi connectivity index (χ2n) is 7.41. The molecule has 6 nitrogen and oxygen atoms in total. The van der Waals surface area contributed by atoms with Crippen molar-refractivity contribution in [1.82, 2.24) is 15.0 Å². The highest BCUT2D eigenvalue weighted by Crippen LogP contribution is 2.30. The predicted molar refractivity (Wildman–Crippen MR) is 107 cm³/mol. The van der Waals surface area contributed by atoms with Gasteiger partial charge in [0.2, 0.25) is 5.91 Å². The number of aromatic nitrogens is 1. The summed E-state index contributed by atoms with van der Waals surface area (Å²) in [4.78, 5) is 28.6. The number of hydrogen-bond acceptors (Lipinski definition) is 4. The van der Waals surface area contributed by atoms with E-state index in [1.165, 1.54) is 0 Å². The fraction of sp³-hybridized carbons (Fsp3) is 0.318. The second-order valence-corrected chi connectivity index (χ2v) is 7.41. The molecule has 0 radical (unpaired) electrons. The molecule has 2 amide bonds. The number of nitrogens with zero attached hydrogens (tertiary/aromatic N) is 3. The molecule has 6 heteroatoms. The van der Waals surface area contributed by atoms with Crippen LogP contribution in [-0.2, 0) is 4.79 Å². The van der Waals surface area contributed by atoms with Gasteiger partial charge in [0.15, 0.2) is 5.76 Å². The van der Waals surface area contributed by atoms with Gasteiger partial charge in [0.05, 0.1) is 5.39 Å². The molecule has 0 saturated carbocycles. The van der Waals surface area contributed by atoms with E-state index >= 15 is 0 Å². The van der Waals surface area contributed by atoms with Crippen molar-refractivity contribution in [2.45, 2.75) is 12.8 Å². The standard InChI is InChI=1S/C22H23N3O3/c1-24(2)21(26)16-10-12-25(13-11-16)22(27)17-8-9-19-18(14-17)20(28-23-19)15-6-4-3-5-7-15/h3-9,14,16H,10-13H2,1-2H3. The van der Waals surface area contributed by atoms with E-state index in [1.807, 2.05) is 47.4 Å². The molecule has 2 heterocycles. The van der Waals surface area contributed by atoms with Crippen LogP contribution in [0, 0.1) is 5.92 Å². The number of carbonyl (C=O) groups is 2. The van der Waals surface area contributed by atoms with Crippen LogP contribution in [0.15, 0.2) is 53.1 Å². The summed E-state index contributed by atoms with van der Waals surface area (Å²) in [5, 5.41) is 4.94. The molecule has 3 aromatic rings. The summed E-state index contributed by atoms with van der Waals surface area (Å²) < 4.78 is 5.53. The lowest BCUT2D eigenvalue weighted by molar-refractivity contribution is -0.134. The first-order valence-corrected chi connectivity index (χ1v) is 9.50. The van der Waals surface area contributed by atoms with E-state index < -0.39 is 0 Å². The SMILES string of the molecule is CN(C)C(=O)C1CCN(C(=O)c2ccc3noc(-c4ccccc4)c3c2)CC1. The molecule has 1 saturated heterocycles. The minimum absolute atomic E-state index is 0.00397. The van der Waals surface area contributed by atoms with E-state index in [9.17, 15) is 9.59 Å².